The van der Waals surface area contributed by atoms with E-state index in [1.165, 1.54) is 13.0 Å². The normalized spacial score (nSPS) is 13.0. The molecule has 0 fully saturated rings. The maximum atomic E-state index is 3.48. The van der Waals surface area contributed by atoms with Gasteiger partial charge in [-0.3, -0.25) is 0 Å². The summed E-state index contributed by atoms with van der Waals surface area (Å²) in [6.45, 7) is 3.34. The van der Waals surface area contributed by atoms with Crippen molar-refractivity contribution in [2.24, 2.45) is 0 Å². The van der Waals surface area contributed by atoms with Gasteiger partial charge in [-0.25, -0.2) is 0 Å². The summed E-state index contributed by atoms with van der Waals surface area (Å²) in [5.41, 5.74) is 0. The summed E-state index contributed by atoms with van der Waals surface area (Å²) in [4.78, 5) is 2.85. The quantitative estimate of drug-likeness (QED) is 0.704. The van der Waals surface area contributed by atoms with Crippen molar-refractivity contribution in [3.8, 4) is 0 Å². The van der Waals surface area contributed by atoms with Crippen LogP contribution in [0.2, 0.25) is 0 Å². The summed E-state index contributed by atoms with van der Waals surface area (Å²) in [6.07, 6.45) is 1.23. The van der Waals surface area contributed by atoms with E-state index in [2.05, 4.69) is 41.8 Å². The zero-order chi connectivity index (χ0) is 6.57. The molecular formula is C6H15Br2N. The van der Waals surface area contributed by atoms with Crippen molar-refractivity contribution in [2.45, 2.75) is 18.2 Å². The molecule has 58 valence electrons. The monoisotopic (exact) mass is 259 g/mol. The molecular weight excluding hydrogens is 246 g/mol. The number of nitrogens with zero attached hydrogens (tertiary/aromatic N) is 1. The standard InChI is InChI=1S/C6H14BrN.BrH/c1-6(7)4-5-8(2)3;/h6H,4-5H2,1-3H3;1H. The third-order valence-electron chi connectivity index (χ3n) is 0.974. The van der Waals surface area contributed by atoms with Gasteiger partial charge < -0.3 is 4.90 Å². The van der Waals surface area contributed by atoms with Crippen LogP contribution in [0.3, 0.4) is 0 Å². The summed E-state index contributed by atoms with van der Waals surface area (Å²) < 4.78 is 0. The molecule has 0 spiro atoms. The molecule has 0 aromatic heterocycles. The summed E-state index contributed by atoms with van der Waals surface area (Å²) in [5.74, 6) is 0. The highest BCUT2D eigenvalue weighted by atomic mass is 79.9. The number of hydrogen-bond acceptors (Lipinski definition) is 1. The van der Waals surface area contributed by atoms with Crippen LogP contribution in [-0.2, 0) is 0 Å². The van der Waals surface area contributed by atoms with Gasteiger partial charge in [0.15, 0.2) is 0 Å². The first kappa shape index (κ1) is 12.6. The largest absolute Gasteiger partial charge is 0.309 e. The number of hydrogen-bond donors (Lipinski definition) is 0. The van der Waals surface area contributed by atoms with Crippen molar-refractivity contribution in [2.75, 3.05) is 20.6 Å². The molecule has 3 heteroatoms. The van der Waals surface area contributed by atoms with E-state index in [9.17, 15) is 0 Å². The minimum absolute atomic E-state index is 0. The van der Waals surface area contributed by atoms with Crippen LogP contribution in [0, 0.1) is 0 Å². The van der Waals surface area contributed by atoms with Gasteiger partial charge in [-0.1, -0.05) is 22.9 Å². The molecule has 0 rings (SSSR count). The lowest BCUT2D eigenvalue weighted by atomic mass is 10.3. The topological polar surface area (TPSA) is 3.24 Å². The summed E-state index contributed by atoms with van der Waals surface area (Å²) in [7, 11) is 4.19. The second-order valence-corrected chi connectivity index (χ2v) is 3.94. The Morgan fingerprint density at radius 1 is 1.44 bits per heavy atom. The van der Waals surface area contributed by atoms with Crippen LogP contribution in [0.4, 0.5) is 0 Å². The minimum atomic E-state index is 0. The highest BCUT2D eigenvalue weighted by Gasteiger charge is 1.94. The van der Waals surface area contributed by atoms with Gasteiger partial charge in [-0.2, -0.15) is 0 Å². The van der Waals surface area contributed by atoms with Crippen LogP contribution >= 0.6 is 32.9 Å². The van der Waals surface area contributed by atoms with Crippen molar-refractivity contribution in [3.05, 3.63) is 0 Å². The number of halogens is 2. The Labute approximate surface area is 76.7 Å². The minimum Gasteiger partial charge on any atom is -0.309 e. The molecule has 0 aliphatic heterocycles. The molecule has 0 aromatic rings. The van der Waals surface area contributed by atoms with E-state index >= 15 is 0 Å². The van der Waals surface area contributed by atoms with Gasteiger partial charge in [-0.15, -0.1) is 17.0 Å². The third kappa shape index (κ3) is 12.2. The van der Waals surface area contributed by atoms with E-state index in [0.29, 0.717) is 4.83 Å². The Morgan fingerprint density at radius 2 is 1.89 bits per heavy atom. The molecule has 0 radical (unpaired) electrons. The molecule has 0 aliphatic rings. The van der Waals surface area contributed by atoms with E-state index < -0.39 is 0 Å². The maximum absolute atomic E-state index is 3.48. The zero-order valence-electron chi connectivity index (χ0n) is 6.22. The third-order valence-corrected chi connectivity index (χ3v) is 1.43. The molecule has 0 saturated heterocycles. The van der Waals surface area contributed by atoms with Gasteiger partial charge in [0.05, 0.1) is 0 Å². The maximum Gasteiger partial charge on any atom is 0.0129 e. The SMILES string of the molecule is Br.CC(Br)CCN(C)C. The number of rotatable bonds is 3. The van der Waals surface area contributed by atoms with Crippen LogP contribution in [0.5, 0.6) is 0 Å². The Balaban J connectivity index is 0. The Hall–Kier alpha value is 0.920. The second-order valence-electron chi connectivity index (χ2n) is 2.37. The Bertz CT molecular complexity index is 47.0. The molecule has 0 aromatic carbocycles. The van der Waals surface area contributed by atoms with E-state index in [1.807, 2.05) is 0 Å². The Kier molecular flexibility index (Phi) is 9.83. The molecule has 0 N–H and O–H groups in total. The Morgan fingerprint density at radius 3 is 2.00 bits per heavy atom. The van der Waals surface area contributed by atoms with Crippen molar-refractivity contribution in [1.29, 1.82) is 0 Å². The lowest BCUT2D eigenvalue weighted by molar-refractivity contribution is 0.401. The molecule has 0 saturated carbocycles. The summed E-state index contributed by atoms with van der Waals surface area (Å²) >= 11 is 3.48. The van der Waals surface area contributed by atoms with Crippen molar-refractivity contribution in [1.82, 2.24) is 4.90 Å². The molecule has 0 aliphatic carbocycles. The van der Waals surface area contributed by atoms with Gasteiger partial charge >= 0.3 is 0 Å². The second kappa shape index (κ2) is 7.03. The molecule has 1 nitrogen and oxygen atoms in total. The molecule has 0 bridgehead atoms. The fraction of sp³-hybridized carbons (Fsp3) is 1.00. The van der Waals surface area contributed by atoms with Crippen LogP contribution in [0.15, 0.2) is 0 Å². The smallest absolute Gasteiger partial charge is 0.0129 e. The van der Waals surface area contributed by atoms with Crippen LogP contribution in [-0.4, -0.2) is 30.4 Å². The lowest BCUT2D eigenvalue weighted by Gasteiger charge is -2.09. The predicted molar refractivity (Wildman–Crippen MR) is 51.9 cm³/mol. The molecule has 9 heavy (non-hydrogen) atoms. The van der Waals surface area contributed by atoms with Crippen molar-refractivity contribution < 1.29 is 0 Å². The zero-order valence-corrected chi connectivity index (χ0v) is 9.52. The van der Waals surface area contributed by atoms with E-state index in [-0.39, 0.29) is 17.0 Å². The highest BCUT2D eigenvalue weighted by Crippen LogP contribution is 2.02. The van der Waals surface area contributed by atoms with E-state index in [0.717, 1.165) is 0 Å². The van der Waals surface area contributed by atoms with Crippen LogP contribution < -0.4 is 0 Å². The average Bonchev–Trinajstić information content (AvgIpc) is 1.61. The van der Waals surface area contributed by atoms with Gasteiger partial charge in [0.25, 0.3) is 0 Å². The van der Waals surface area contributed by atoms with Gasteiger partial charge in [-0.05, 0) is 27.1 Å². The first-order valence-electron chi connectivity index (χ1n) is 2.91. The average molecular weight is 261 g/mol. The molecule has 1 unspecified atom stereocenters. The van der Waals surface area contributed by atoms with Crippen molar-refractivity contribution in [3.63, 3.8) is 0 Å². The van der Waals surface area contributed by atoms with Gasteiger partial charge in [0.2, 0.25) is 0 Å². The van der Waals surface area contributed by atoms with E-state index in [4.69, 9.17) is 0 Å². The van der Waals surface area contributed by atoms with E-state index in [1.54, 1.807) is 0 Å². The molecule has 0 amide bonds. The first-order valence-corrected chi connectivity index (χ1v) is 3.83. The van der Waals surface area contributed by atoms with Crippen LogP contribution in [0.25, 0.3) is 0 Å². The number of alkyl halides is 1. The van der Waals surface area contributed by atoms with Gasteiger partial charge in [0, 0.05) is 4.83 Å². The lowest BCUT2D eigenvalue weighted by Crippen LogP contribution is -2.15. The first-order chi connectivity index (χ1) is 3.63. The molecule has 0 heterocycles. The van der Waals surface area contributed by atoms with Gasteiger partial charge in [0.1, 0.15) is 0 Å². The predicted octanol–water partition coefficient (Wildman–Crippen LogP) is 2.30. The fourth-order valence-electron chi connectivity index (χ4n) is 0.436. The van der Waals surface area contributed by atoms with Crippen LogP contribution in [0.1, 0.15) is 13.3 Å². The molecule has 1 atom stereocenters. The van der Waals surface area contributed by atoms with Crippen molar-refractivity contribution >= 4 is 32.9 Å². The fourth-order valence-corrected chi connectivity index (χ4v) is 0.641. The summed E-state index contributed by atoms with van der Waals surface area (Å²) in [5, 5.41) is 0. The highest BCUT2D eigenvalue weighted by molar-refractivity contribution is 9.09. The summed E-state index contributed by atoms with van der Waals surface area (Å²) in [6, 6.07) is 0.